The summed E-state index contributed by atoms with van der Waals surface area (Å²) < 4.78 is 16.6. The molecule has 7 heteroatoms. The van der Waals surface area contributed by atoms with Gasteiger partial charge in [-0.25, -0.2) is 9.59 Å². The number of esters is 2. The summed E-state index contributed by atoms with van der Waals surface area (Å²) in [6.07, 6.45) is 0. The molecule has 1 aromatic carbocycles. The quantitative estimate of drug-likeness (QED) is 0.654. The molecule has 0 saturated heterocycles. The van der Waals surface area contributed by atoms with Crippen molar-refractivity contribution < 1.29 is 23.5 Å². The molecule has 0 bridgehead atoms. The smallest absolute Gasteiger partial charge is 0.336 e. The number of ether oxygens (including phenoxy) is 2. The number of dihydropyridines is 1. The van der Waals surface area contributed by atoms with Crippen LogP contribution < -0.4 is 5.32 Å². The topological polar surface area (TPSA) is 77.8 Å². The standard InChI is InChI=1S/C23H24ClNO5/c1-5-28-22(26)19-13(3)25-14(4)20(23(27)29-6-2)21(19)18-12-11-17(30-18)15-9-7-8-10-16(15)24/h7-12,21,25H,5-6H2,1-4H3. The maximum Gasteiger partial charge on any atom is 0.336 e. The monoisotopic (exact) mass is 429 g/mol. The molecule has 0 fully saturated rings. The summed E-state index contributed by atoms with van der Waals surface area (Å²) in [4.78, 5) is 25.6. The number of halogens is 1. The number of hydrogen-bond donors (Lipinski definition) is 1. The number of hydrogen-bond acceptors (Lipinski definition) is 6. The normalized spacial score (nSPS) is 14.6. The molecule has 6 nitrogen and oxygen atoms in total. The molecule has 1 aliphatic heterocycles. The molecule has 0 radical (unpaired) electrons. The third-order valence-electron chi connectivity index (χ3n) is 4.80. The van der Waals surface area contributed by atoms with E-state index in [1.54, 1.807) is 45.9 Å². The van der Waals surface area contributed by atoms with Gasteiger partial charge in [-0.1, -0.05) is 23.7 Å². The molecule has 2 aromatic rings. The Morgan fingerprint density at radius 2 is 1.53 bits per heavy atom. The van der Waals surface area contributed by atoms with Gasteiger partial charge in [0, 0.05) is 17.0 Å². The van der Waals surface area contributed by atoms with Crippen molar-refractivity contribution in [3.63, 3.8) is 0 Å². The molecule has 30 heavy (non-hydrogen) atoms. The zero-order valence-corrected chi connectivity index (χ0v) is 18.1. The molecule has 1 aliphatic rings. The Bertz CT molecular complexity index is 994. The van der Waals surface area contributed by atoms with E-state index < -0.39 is 17.9 Å². The van der Waals surface area contributed by atoms with Crippen molar-refractivity contribution in [1.29, 1.82) is 0 Å². The summed E-state index contributed by atoms with van der Waals surface area (Å²) >= 11 is 6.30. The first-order valence-electron chi connectivity index (χ1n) is 9.76. The second kappa shape index (κ2) is 9.22. The predicted molar refractivity (Wildman–Crippen MR) is 114 cm³/mol. The maximum atomic E-state index is 12.8. The zero-order valence-electron chi connectivity index (χ0n) is 17.4. The van der Waals surface area contributed by atoms with E-state index in [2.05, 4.69) is 5.32 Å². The lowest BCUT2D eigenvalue weighted by Gasteiger charge is -2.28. The summed E-state index contributed by atoms with van der Waals surface area (Å²) in [5, 5.41) is 3.64. The second-order valence-electron chi connectivity index (χ2n) is 6.76. The molecular weight excluding hydrogens is 406 g/mol. The average molecular weight is 430 g/mol. The van der Waals surface area contributed by atoms with Gasteiger partial charge in [-0.15, -0.1) is 0 Å². The van der Waals surface area contributed by atoms with Crippen LogP contribution in [0.3, 0.4) is 0 Å². The van der Waals surface area contributed by atoms with Crippen molar-refractivity contribution >= 4 is 23.5 Å². The van der Waals surface area contributed by atoms with Crippen LogP contribution in [-0.4, -0.2) is 25.2 Å². The fraction of sp³-hybridized carbons (Fsp3) is 0.304. The number of allylic oxidation sites excluding steroid dienone is 2. The predicted octanol–water partition coefficient (Wildman–Crippen LogP) is 4.96. The van der Waals surface area contributed by atoms with E-state index >= 15 is 0 Å². The molecule has 2 heterocycles. The van der Waals surface area contributed by atoms with Gasteiger partial charge in [0.2, 0.25) is 0 Å². The lowest BCUT2D eigenvalue weighted by Crippen LogP contribution is -2.32. The van der Waals surface area contributed by atoms with Crippen molar-refractivity contribution in [3.8, 4) is 11.3 Å². The molecule has 158 valence electrons. The minimum atomic E-state index is -0.763. The van der Waals surface area contributed by atoms with Crippen LogP contribution in [0.5, 0.6) is 0 Å². The van der Waals surface area contributed by atoms with E-state index in [0.717, 1.165) is 5.56 Å². The third kappa shape index (κ3) is 4.14. The number of rotatable bonds is 6. The summed E-state index contributed by atoms with van der Waals surface area (Å²) in [5.41, 5.74) is 2.53. The van der Waals surface area contributed by atoms with Crippen LogP contribution in [0.1, 0.15) is 39.4 Å². The summed E-state index contributed by atoms with van der Waals surface area (Å²) in [7, 11) is 0. The van der Waals surface area contributed by atoms with Crippen molar-refractivity contribution in [2.45, 2.75) is 33.6 Å². The molecule has 3 rings (SSSR count). The van der Waals surface area contributed by atoms with E-state index in [9.17, 15) is 9.59 Å². The molecule has 0 atom stereocenters. The van der Waals surface area contributed by atoms with Crippen LogP contribution in [0, 0.1) is 0 Å². The van der Waals surface area contributed by atoms with Crippen molar-refractivity contribution in [2.24, 2.45) is 0 Å². The summed E-state index contributed by atoms with van der Waals surface area (Å²) in [5.74, 6) is -0.831. The highest BCUT2D eigenvalue weighted by Crippen LogP contribution is 2.41. The second-order valence-corrected chi connectivity index (χ2v) is 7.17. The zero-order chi connectivity index (χ0) is 21.8. The van der Waals surface area contributed by atoms with Crippen LogP contribution in [0.4, 0.5) is 0 Å². The van der Waals surface area contributed by atoms with Gasteiger partial charge in [0.1, 0.15) is 11.5 Å². The molecule has 0 amide bonds. The average Bonchev–Trinajstić information content (AvgIpc) is 3.17. The Morgan fingerprint density at radius 1 is 0.967 bits per heavy atom. The van der Waals surface area contributed by atoms with Gasteiger partial charge in [0.05, 0.1) is 35.3 Å². The highest BCUT2D eigenvalue weighted by Gasteiger charge is 2.39. The number of nitrogens with one attached hydrogen (secondary N) is 1. The molecule has 1 N–H and O–H groups in total. The van der Waals surface area contributed by atoms with Crippen LogP contribution in [0.2, 0.25) is 5.02 Å². The SMILES string of the molecule is CCOC(=O)C1=C(C)NC(C)=C(C(=O)OCC)C1c1ccc(-c2ccccc2Cl)o1. The van der Waals surface area contributed by atoms with Crippen LogP contribution in [0.25, 0.3) is 11.3 Å². The van der Waals surface area contributed by atoms with Crippen LogP contribution >= 0.6 is 11.6 Å². The van der Waals surface area contributed by atoms with Gasteiger partial charge in [-0.05, 0) is 52.0 Å². The van der Waals surface area contributed by atoms with Gasteiger partial charge in [0.25, 0.3) is 0 Å². The van der Waals surface area contributed by atoms with Gasteiger partial charge in [-0.2, -0.15) is 0 Å². The fourth-order valence-corrected chi connectivity index (χ4v) is 3.78. The Balaban J connectivity index is 2.14. The van der Waals surface area contributed by atoms with E-state index in [1.165, 1.54) is 0 Å². The largest absolute Gasteiger partial charge is 0.463 e. The Hall–Kier alpha value is -2.99. The van der Waals surface area contributed by atoms with Crippen LogP contribution in [-0.2, 0) is 19.1 Å². The highest BCUT2D eigenvalue weighted by atomic mass is 35.5. The van der Waals surface area contributed by atoms with E-state index in [-0.39, 0.29) is 13.2 Å². The minimum absolute atomic E-state index is 0.211. The third-order valence-corrected chi connectivity index (χ3v) is 5.13. The lowest BCUT2D eigenvalue weighted by molar-refractivity contribution is -0.139. The molecule has 0 unspecified atom stereocenters. The first kappa shape index (κ1) is 21.7. The lowest BCUT2D eigenvalue weighted by atomic mass is 9.83. The van der Waals surface area contributed by atoms with E-state index in [0.29, 0.717) is 39.1 Å². The Labute approximate surface area is 180 Å². The number of benzene rings is 1. The van der Waals surface area contributed by atoms with Gasteiger partial charge >= 0.3 is 11.9 Å². The number of carbonyl (C=O) groups excluding carboxylic acids is 2. The maximum absolute atomic E-state index is 12.8. The molecule has 1 aromatic heterocycles. The Kier molecular flexibility index (Phi) is 6.67. The van der Waals surface area contributed by atoms with Gasteiger partial charge in [0.15, 0.2) is 0 Å². The molecular formula is C23H24ClNO5. The Morgan fingerprint density at radius 3 is 2.07 bits per heavy atom. The van der Waals surface area contributed by atoms with Crippen molar-refractivity contribution in [1.82, 2.24) is 5.32 Å². The van der Waals surface area contributed by atoms with E-state index in [4.69, 9.17) is 25.5 Å². The molecule has 0 saturated carbocycles. The van der Waals surface area contributed by atoms with Crippen molar-refractivity contribution in [3.05, 3.63) is 69.7 Å². The molecule has 0 spiro atoms. The van der Waals surface area contributed by atoms with Gasteiger partial charge in [-0.3, -0.25) is 0 Å². The molecule has 0 aliphatic carbocycles. The van der Waals surface area contributed by atoms with Crippen LogP contribution in [0.15, 0.2) is 63.4 Å². The van der Waals surface area contributed by atoms with Crippen molar-refractivity contribution in [2.75, 3.05) is 13.2 Å². The first-order valence-corrected chi connectivity index (χ1v) is 10.1. The summed E-state index contributed by atoms with van der Waals surface area (Å²) in [6.45, 7) is 7.42. The number of furan rings is 1. The first-order chi connectivity index (χ1) is 14.4. The van der Waals surface area contributed by atoms with Gasteiger partial charge < -0.3 is 19.2 Å². The minimum Gasteiger partial charge on any atom is -0.463 e. The highest BCUT2D eigenvalue weighted by molar-refractivity contribution is 6.33. The summed E-state index contributed by atoms with van der Waals surface area (Å²) in [6, 6.07) is 10.8. The number of carbonyl (C=O) groups is 2. The van der Waals surface area contributed by atoms with E-state index in [1.807, 2.05) is 18.2 Å². The fourth-order valence-electron chi connectivity index (χ4n) is 3.55.